The van der Waals surface area contributed by atoms with Crippen molar-refractivity contribution in [3.63, 3.8) is 0 Å². The van der Waals surface area contributed by atoms with Crippen LogP contribution in [-0.2, 0) is 92.8 Å². The number of ether oxygens (including phenoxy) is 2. The Morgan fingerprint density at radius 3 is 0.957 bits per heavy atom. The number of para-hydroxylation sites is 4. The van der Waals surface area contributed by atoms with E-state index in [1.807, 2.05) is 109 Å². The Kier molecular flexibility index (Phi) is 36.2. The molecule has 736 valence electrons. The van der Waals surface area contributed by atoms with E-state index in [0.717, 1.165) is 121 Å². The summed E-state index contributed by atoms with van der Waals surface area (Å²) in [5.41, 5.74) is 7.29. The van der Waals surface area contributed by atoms with Gasteiger partial charge in [-0.3, -0.25) is 0 Å². The smallest absolute Gasteiger partial charge is 0.209 e. The van der Waals surface area contributed by atoms with Crippen molar-refractivity contribution in [3.05, 3.63) is 408 Å². The van der Waals surface area contributed by atoms with Gasteiger partial charge in [-0.1, -0.05) is 311 Å². The molecule has 2 aliphatic heterocycles. The Labute approximate surface area is 845 Å². The molecule has 0 aromatic heterocycles. The number of fused-ring (bicyclic) bond motifs is 4. The summed E-state index contributed by atoms with van der Waals surface area (Å²) in [6, 6.07) is 113. The second-order valence-electron chi connectivity index (χ2n) is 36.7. The average Bonchev–Trinajstić information content (AvgIpc) is 0.766. The molecule has 19 rings (SSSR count). The number of nitrogens with zero attached hydrogens (tertiary/aromatic N) is 3. The zero-order valence-electron chi connectivity index (χ0n) is 81.2. The third-order valence-corrected chi connectivity index (χ3v) is 41.7. The molecule has 26 heteroatoms. The molecule has 0 spiro atoms. The Bertz CT molecular complexity index is 6940. The number of aryl methyl sites for hydroxylation is 3. The molecule has 14 aromatic carbocycles. The van der Waals surface area contributed by atoms with Crippen LogP contribution in [0.2, 0.25) is 0 Å². The van der Waals surface area contributed by atoms with Gasteiger partial charge in [-0.15, -0.1) is 0 Å². The molecule has 0 unspecified atom stereocenters. The Morgan fingerprint density at radius 1 is 0.298 bits per heavy atom. The lowest BCUT2D eigenvalue weighted by molar-refractivity contribution is 0.419. The molecule has 3 aliphatic carbocycles. The summed E-state index contributed by atoms with van der Waals surface area (Å²) in [4.78, 5) is 11.7. The molecule has 0 N–H and O–H groups in total. The summed E-state index contributed by atoms with van der Waals surface area (Å²) in [5.74, 6) is 4.63. The third-order valence-electron chi connectivity index (χ3n) is 25.1. The third kappa shape index (κ3) is 27.5. The van der Waals surface area contributed by atoms with Crippen LogP contribution in [0.1, 0.15) is 223 Å². The van der Waals surface area contributed by atoms with Crippen molar-refractivity contribution in [3.8, 4) is 23.0 Å². The lowest BCUT2D eigenvalue weighted by Crippen LogP contribution is -2.19. The SMILES string of the molecule is CC(C)c1cc(C(C)C)c(S(=O)(=O)[N-]S(=O)(=O)c2ccccc2)c(C(C)C)c1.Cc1ccc(C)c(S(=O)(=O)[N-]S(C)(=O)=O)c1.Cc1ccc(S(=O)(=O)[N-]S(=O)(=O)c2c(C3CCCCC3)cc(C3CCCCC3)cc2C2CCCCC2)cc1.c1ccc([S+](c2ccccc2)c2ccccc2)cc1.c1ccc([S+]2c3ccccc3Oc3ccccc32)cc1.c1ccc([S+]2c3ccccc3Oc3ccccc32)cc1. The first-order valence-corrected chi connectivity index (χ1v) is 60.7. The number of sulfonamides is 6. The summed E-state index contributed by atoms with van der Waals surface area (Å²) < 4.78 is 174. The Morgan fingerprint density at radius 2 is 0.610 bits per heavy atom. The second kappa shape index (κ2) is 48.1. The molecule has 0 atom stereocenters. The summed E-state index contributed by atoms with van der Waals surface area (Å²) in [6.45, 7) is 16.9. The molecule has 14 aromatic rings. The highest BCUT2D eigenvalue weighted by Gasteiger charge is 2.42. The minimum atomic E-state index is -4.45. The van der Waals surface area contributed by atoms with E-state index < -0.39 is 60.1 Å². The van der Waals surface area contributed by atoms with E-state index in [0.29, 0.717) is 22.6 Å². The van der Waals surface area contributed by atoms with E-state index in [1.165, 1.54) is 124 Å². The van der Waals surface area contributed by atoms with E-state index >= 15 is 0 Å². The van der Waals surface area contributed by atoms with Gasteiger partial charge in [-0.2, -0.15) is 0 Å². The van der Waals surface area contributed by atoms with Gasteiger partial charge in [-0.05, 0) is 279 Å². The zero-order chi connectivity index (χ0) is 100. The number of hydrogen-bond donors (Lipinski definition) is 0. The van der Waals surface area contributed by atoms with Crippen molar-refractivity contribution in [1.82, 2.24) is 0 Å². The molecule has 3 saturated carbocycles. The van der Waals surface area contributed by atoms with E-state index in [2.05, 4.69) is 225 Å². The lowest BCUT2D eigenvalue weighted by atomic mass is 9.76. The molecular formula is C115H123N3O14S9. The molecule has 0 saturated heterocycles. The van der Waals surface area contributed by atoms with Crippen molar-refractivity contribution in [2.24, 2.45) is 0 Å². The van der Waals surface area contributed by atoms with Gasteiger partial charge in [0, 0.05) is 16.0 Å². The largest absolute Gasteiger partial charge is 0.447 e. The van der Waals surface area contributed by atoms with Crippen LogP contribution in [0, 0.1) is 20.8 Å². The van der Waals surface area contributed by atoms with Gasteiger partial charge in [-0.25, -0.2) is 50.5 Å². The van der Waals surface area contributed by atoms with Gasteiger partial charge in [0.25, 0.3) is 0 Å². The average molecular weight is 2060 g/mol. The van der Waals surface area contributed by atoms with Gasteiger partial charge in [0.15, 0.2) is 47.5 Å². The molecule has 5 aliphatic rings. The van der Waals surface area contributed by atoms with Gasteiger partial charge >= 0.3 is 0 Å². The number of rotatable bonds is 22. The standard InChI is InChI=1S/C31H42NO4S2.C21H28NO4S2.2C18H13OS.C18H15S.C9H12NO4S2/c1-23-17-19-28(20-18-23)37(33,34)32-38(35,36)31-29(25-13-7-3-8-14-25)21-27(24-11-5-2-6-12-24)22-30(31)26-15-9-4-10-16-26;1-14(2)17-12-19(15(3)4)21(20(13-17)16(5)6)28(25,26)22-27(23,24)18-10-8-7-9-11-18;2*1-2-8-14(9-3-1)20-17-12-6-4-10-15(17)19-16-11-5-7-13-18(16)20;1-4-10-16(11-5-1)19(17-12-6-2-7-13-17)18-14-8-3-9-15-18;1-7-4-5-8(2)9(6-7)16(13,14)10-15(3,11)12/h17-22,24-26H,2-16H2,1H3;7-16H,1-6H3;2*1-13H;1-15H;4-6H,1-3H3/q2*-1;3*+1;-1. The highest BCUT2D eigenvalue weighted by Crippen LogP contribution is 2.52. The highest BCUT2D eigenvalue weighted by molar-refractivity contribution is 8.13. The maximum atomic E-state index is 14.2. The van der Waals surface area contributed by atoms with Crippen LogP contribution >= 0.6 is 0 Å². The molecule has 17 nitrogen and oxygen atoms in total. The van der Waals surface area contributed by atoms with Crippen LogP contribution in [0.3, 0.4) is 0 Å². The van der Waals surface area contributed by atoms with Crippen LogP contribution in [-0.4, -0.2) is 56.8 Å². The van der Waals surface area contributed by atoms with E-state index in [9.17, 15) is 50.5 Å². The topological polar surface area (TPSA) is 266 Å². The fraction of sp³-hybridized carbons (Fsp3) is 0.270. The van der Waals surface area contributed by atoms with Crippen molar-refractivity contribution in [2.75, 3.05) is 6.26 Å². The summed E-state index contributed by atoms with van der Waals surface area (Å²) in [6.07, 6.45) is 17.2. The Hall–Kier alpha value is -10.7. The predicted molar refractivity (Wildman–Crippen MR) is 572 cm³/mol. The highest BCUT2D eigenvalue weighted by atomic mass is 32.3. The first-order valence-electron chi connectivity index (χ1n) is 48.0. The van der Waals surface area contributed by atoms with Crippen molar-refractivity contribution >= 4 is 92.8 Å². The van der Waals surface area contributed by atoms with Gasteiger partial charge in [0.2, 0.25) is 19.6 Å². The molecule has 0 amide bonds. The van der Waals surface area contributed by atoms with Gasteiger partial charge in [0.05, 0.1) is 35.6 Å². The maximum absolute atomic E-state index is 14.2. The molecule has 0 radical (unpaired) electrons. The summed E-state index contributed by atoms with van der Waals surface area (Å²) >= 11 is 0. The quantitative estimate of drug-likeness (QED) is 0.0571. The minimum absolute atomic E-state index is 0.0146. The molecule has 0 bridgehead atoms. The normalized spacial score (nSPS) is 14.8. The van der Waals surface area contributed by atoms with Crippen molar-refractivity contribution in [1.29, 1.82) is 0 Å². The predicted octanol–water partition coefficient (Wildman–Crippen LogP) is 30.0. The van der Waals surface area contributed by atoms with Crippen LogP contribution in [0.25, 0.3) is 12.4 Å². The first-order chi connectivity index (χ1) is 67.5. The van der Waals surface area contributed by atoms with E-state index in [-0.39, 0.29) is 86.8 Å². The number of benzene rings is 14. The second-order valence-corrected chi connectivity index (χ2v) is 52.9. The summed E-state index contributed by atoms with van der Waals surface area (Å²) in [7, 11) is -25.8. The van der Waals surface area contributed by atoms with Crippen LogP contribution < -0.4 is 9.47 Å². The lowest BCUT2D eigenvalue weighted by Gasteiger charge is -2.34. The maximum Gasteiger partial charge on any atom is 0.209 e. The van der Waals surface area contributed by atoms with Gasteiger partial charge in [0.1, 0.15) is 71.9 Å². The molecular weight excluding hydrogens is 1940 g/mol. The molecule has 3 fully saturated rings. The van der Waals surface area contributed by atoms with Crippen molar-refractivity contribution < 1.29 is 60.0 Å². The Balaban J connectivity index is 0.000000138. The number of hydrogen-bond acceptors (Lipinski definition) is 14. The van der Waals surface area contributed by atoms with Crippen molar-refractivity contribution in [2.45, 2.75) is 263 Å². The van der Waals surface area contributed by atoms with Crippen LogP contribution in [0.15, 0.2) is 414 Å². The monoisotopic (exact) mass is 2060 g/mol. The fourth-order valence-corrected chi connectivity index (χ4v) is 33.9. The molecule has 2 heterocycles. The minimum Gasteiger partial charge on any atom is -0.447 e. The first kappa shape index (κ1) is 106. The zero-order valence-corrected chi connectivity index (χ0v) is 88.6. The van der Waals surface area contributed by atoms with E-state index in [1.54, 1.807) is 44.2 Å². The van der Waals surface area contributed by atoms with Crippen LogP contribution in [0.5, 0.6) is 23.0 Å². The van der Waals surface area contributed by atoms with Crippen LogP contribution in [0.4, 0.5) is 0 Å². The van der Waals surface area contributed by atoms with Gasteiger partial charge < -0.3 is 21.9 Å². The fourth-order valence-electron chi connectivity index (χ4n) is 18.2. The summed E-state index contributed by atoms with van der Waals surface area (Å²) in [5, 5.41) is 0. The van der Waals surface area contributed by atoms with E-state index in [4.69, 9.17) is 9.47 Å². The molecule has 141 heavy (non-hydrogen) atoms.